The molecule has 1 aromatic heterocycles. The number of aromatic nitrogens is 2. The molecule has 2 amide bonds. The second kappa shape index (κ2) is 8.68. The number of fused-ring (bicyclic) bond motifs is 3. The van der Waals surface area contributed by atoms with Crippen LogP contribution in [0.15, 0.2) is 21.5 Å². The van der Waals surface area contributed by atoms with Gasteiger partial charge in [-0.1, -0.05) is 6.07 Å². The normalized spacial score (nSPS) is 20.3. The number of ether oxygens (including phenoxy) is 2. The van der Waals surface area contributed by atoms with Gasteiger partial charge in [-0.2, -0.15) is 10.4 Å². The maximum Gasteiger partial charge on any atom is 0.355 e. The minimum Gasteiger partial charge on any atom is -0.477 e. The molecule has 0 unspecified atom stereocenters. The molecule has 174 valence electrons. The summed E-state index contributed by atoms with van der Waals surface area (Å²) in [4.78, 5) is 13.1. The molecule has 1 aromatic carbocycles. The van der Waals surface area contributed by atoms with Crippen LogP contribution in [0.4, 0.5) is 10.5 Å². The van der Waals surface area contributed by atoms with Crippen LogP contribution in [0.2, 0.25) is 0 Å². The Bertz CT molecular complexity index is 1240. The van der Waals surface area contributed by atoms with Crippen LogP contribution in [0.3, 0.4) is 0 Å². The number of aryl methyl sites for hydroxylation is 2. The zero-order chi connectivity index (χ0) is 23.0. The predicted octanol–water partition coefficient (Wildman–Crippen LogP) is 2.70. The van der Waals surface area contributed by atoms with Gasteiger partial charge in [-0.25, -0.2) is 18.4 Å². The lowest BCUT2D eigenvalue weighted by molar-refractivity contribution is 0.0775. The van der Waals surface area contributed by atoms with Crippen LogP contribution < -0.4 is 14.8 Å². The molecule has 11 heteroatoms. The van der Waals surface area contributed by atoms with E-state index in [1.54, 1.807) is 13.3 Å². The van der Waals surface area contributed by atoms with E-state index in [-0.39, 0.29) is 16.9 Å². The standard InChI is InChI=1S/C22H26N6O4S/c1-31-16-8-9-32-21-19(11-24-28(21)12-16)33(30,25-13-23)27-22(29)26-20-17-6-2-4-14(17)10-15-5-3-7-18(15)20/h10-11,16H,2-9,12H2,1H3,(H2,25,26,27,29,30)/t16-,33+/m1/s1. The number of carbonyl (C=O) groups is 1. The summed E-state index contributed by atoms with van der Waals surface area (Å²) in [6, 6.07) is 1.51. The van der Waals surface area contributed by atoms with Crippen molar-refractivity contribution in [2.45, 2.75) is 62.5 Å². The van der Waals surface area contributed by atoms with E-state index in [1.807, 2.05) is 0 Å². The van der Waals surface area contributed by atoms with Crippen LogP contribution in [-0.4, -0.2) is 39.8 Å². The average molecular weight is 471 g/mol. The highest BCUT2D eigenvalue weighted by atomic mass is 32.2. The summed E-state index contributed by atoms with van der Waals surface area (Å²) in [6.07, 6.45) is 9.42. The van der Waals surface area contributed by atoms with Crippen molar-refractivity contribution in [2.75, 3.05) is 19.0 Å². The van der Waals surface area contributed by atoms with Crippen molar-refractivity contribution in [3.8, 4) is 12.1 Å². The maximum absolute atomic E-state index is 13.7. The second-order valence-electron chi connectivity index (χ2n) is 8.49. The summed E-state index contributed by atoms with van der Waals surface area (Å²) in [6.45, 7) is 0.732. The molecular weight excluding hydrogens is 444 g/mol. The molecule has 5 rings (SSSR count). The molecule has 2 N–H and O–H groups in total. The summed E-state index contributed by atoms with van der Waals surface area (Å²) in [5.74, 6) is 0.223. The number of benzene rings is 1. The number of hydrogen-bond donors (Lipinski definition) is 2. The number of nitrogens with zero attached hydrogens (tertiary/aromatic N) is 4. The molecule has 3 aliphatic rings. The minimum atomic E-state index is -3.65. The number of anilines is 1. The predicted molar refractivity (Wildman–Crippen MR) is 120 cm³/mol. The Kier molecular flexibility index (Phi) is 5.72. The van der Waals surface area contributed by atoms with Crippen LogP contribution in [0.5, 0.6) is 5.88 Å². The lowest BCUT2D eigenvalue weighted by atomic mass is 9.99. The van der Waals surface area contributed by atoms with Crippen molar-refractivity contribution >= 4 is 21.6 Å². The van der Waals surface area contributed by atoms with Gasteiger partial charge in [-0.15, -0.1) is 4.36 Å². The van der Waals surface area contributed by atoms with E-state index in [2.05, 4.69) is 25.6 Å². The number of amides is 2. The first kappa shape index (κ1) is 21.7. The molecule has 0 bridgehead atoms. The molecule has 2 aliphatic carbocycles. The number of carbonyl (C=O) groups excluding carboxylic acids is 1. The zero-order valence-electron chi connectivity index (χ0n) is 18.4. The van der Waals surface area contributed by atoms with Crippen molar-refractivity contribution in [2.24, 2.45) is 4.36 Å². The fraction of sp³-hybridized carbons (Fsp3) is 0.500. The van der Waals surface area contributed by atoms with E-state index in [0.29, 0.717) is 19.6 Å². The van der Waals surface area contributed by atoms with E-state index in [4.69, 9.17) is 9.47 Å². The van der Waals surface area contributed by atoms with E-state index in [0.717, 1.165) is 55.3 Å². The molecule has 1 aliphatic heterocycles. The highest BCUT2D eigenvalue weighted by Crippen LogP contribution is 2.39. The van der Waals surface area contributed by atoms with Crippen LogP contribution in [-0.2, 0) is 46.9 Å². The van der Waals surface area contributed by atoms with Gasteiger partial charge in [0.05, 0.1) is 25.5 Å². The van der Waals surface area contributed by atoms with Crippen LogP contribution in [0.1, 0.15) is 41.5 Å². The molecule has 2 heterocycles. The first-order valence-electron chi connectivity index (χ1n) is 11.1. The van der Waals surface area contributed by atoms with Gasteiger partial charge in [-0.3, -0.25) is 0 Å². The van der Waals surface area contributed by atoms with Crippen molar-refractivity contribution in [3.05, 3.63) is 34.5 Å². The topological polar surface area (TPSA) is 131 Å². The lowest BCUT2D eigenvalue weighted by Gasteiger charge is -2.15. The number of urea groups is 1. The van der Waals surface area contributed by atoms with Gasteiger partial charge in [0.25, 0.3) is 0 Å². The fourth-order valence-electron chi connectivity index (χ4n) is 4.99. The third-order valence-corrected chi connectivity index (χ3v) is 8.21. The average Bonchev–Trinajstić information content (AvgIpc) is 3.51. The van der Waals surface area contributed by atoms with Crippen molar-refractivity contribution in [3.63, 3.8) is 0 Å². The molecule has 0 radical (unpaired) electrons. The van der Waals surface area contributed by atoms with Gasteiger partial charge < -0.3 is 14.8 Å². The first-order valence-corrected chi connectivity index (χ1v) is 12.7. The van der Waals surface area contributed by atoms with Gasteiger partial charge in [0.2, 0.25) is 5.88 Å². The maximum atomic E-state index is 13.7. The fourth-order valence-corrected chi connectivity index (χ4v) is 6.24. The third kappa shape index (κ3) is 3.94. The van der Waals surface area contributed by atoms with Gasteiger partial charge >= 0.3 is 6.03 Å². The smallest absolute Gasteiger partial charge is 0.355 e. The molecule has 2 aromatic rings. The monoisotopic (exact) mass is 470 g/mol. The zero-order valence-corrected chi connectivity index (χ0v) is 19.2. The summed E-state index contributed by atoms with van der Waals surface area (Å²) in [5.41, 5.74) is 5.63. The summed E-state index contributed by atoms with van der Waals surface area (Å²) < 4.78 is 32.6. The van der Waals surface area contributed by atoms with E-state index < -0.39 is 15.9 Å². The third-order valence-electron chi connectivity index (χ3n) is 6.55. The van der Waals surface area contributed by atoms with Gasteiger partial charge in [-0.05, 0) is 60.8 Å². The van der Waals surface area contributed by atoms with Crippen LogP contribution in [0, 0.1) is 11.5 Å². The van der Waals surface area contributed by atoms with E-state index in [1.165, 1.54) is 22.0 Å². The Labute approximate surface area is 192 Å². The quantitative estimate of drug-likeness (QED) is 0.522. The highest BCUT2D eigenvalue weighted by molar-refractivity contribution is 7.92. The molecule has 0 saturated heterocycles. The SMILES string of the molecule is CO[C@@H]1CCOc2c([S@@](=O)(=NC(=O)Nc3c4c(cc5c3CCC5)CCC4)NC#N)cnn2C1. The largest absolute Gasteiger partial charge is 0.477 e. The van der Waals surface area contributed by atoms with Gasteiger partial charge in [0.15, 0.2) is 21.0 Å². The molecular formula is C22H26N6O4S. The molecule has 0 fully saturated rings. The molecule has 33 heavy (non-hydrogen) atoms. The Morgan fingerprint density at radius 2 is 2.03 bits per heavy atom. The summed E-state index contributed by atoms with van der Waals surface area (Å²) >= 11 is 0. The van der Waals surface area contributed by atoms with Crippen molar-refractivity contribution in [1.82, 2.24) is 14.5 Å². The van der Waals surface area contributed by atoms with Gasteiger partial charge in [0.1, 0.15) is 0 Å². The number of nitrogens with one attached hydrogen (secondary N) is 2. The number of nitriles is 1. The number of methoxy groups -OCH3 is 1. The molecule has 10 nitrogen and oxygen atoms in total. The van der Waals surface area contributed by atoms with Crippen molar-refractivity contribution < 1.29 is 18.5 Å². The Morgan fingerprint density at radius 3 is 2.70 bits per heavy atom. The van der Waals surface area contributed by atoms with Crippen LogP contribution in [0.25, 0.3) is 0 Å². The highest BCUT2D eigenvalue weighted by Gasteiger charge is 2.29. The summed E-state index contributed by atoms with van der Waals surface area (Å²) in [7, 11) is -2.04. The molecule has 0 spiro atoms. The molecule has 2 atom stereocenters. The summed E-state index contributed by atoms with van der Waals surface area (Å²) in [5, 5.41) is 16.4. The Morgan fingerprint density at radius 1 is 1.30 bits per heavy atom. The van der Waals surface area contributed by atoms with E-state index in [9.17, 15) is 14.3 Å². The lowest BCUT2D eigenvalue weighted by Crippen LogP contribution is -2.22. The second-order valence-corrected chi connectivity index (χ2v) is 10.4. The molecule has 0 saturated carbocycles. The number of rotatable bonds is 4. The number of hydrogen-bond acceptors (Lipinski definition) is 6. The minimum absolute atomic E-state index is 0.0690. The first-order chi connectivity index (χ1) is 16.0. The van der Waals surface area contributed by atoms with E-state index >= 15 is 0 Å². The Hall–Kier alpha value is -3.10. The van der Waals surface area contributed by atoms with Crippen LogP contribution >= 0.6 is 0 Å². The Balaban J connectivity index is 1.51. The van der Waals surface area contributed by atoms with Crippen molar-refractivity contribution in [1.29, 1.82) is 5.26 Å². The van der Waals surface area contributed by atoms with Gasteiger partial charge in [0, 0.05) is 19.2 Å².